The van der Waals surface area contributed by atoms with Crippen molar-refractivity contribution in [2.75, 3.05) is 0 Å². The lowest BCUT2D eigenvalue weighted by Gasteiger charge is -2.38. The van der Waals surface area contributed by atoms with Gasteiger partial charge in [-0.15, -0.1) is 0 Å². The summed E-state index contributed by atoms with van der Waals surface area (Å²) in [6.45, 7) is 4.39. The smallest absolute Gasteiger partial charge is 0.330 e. The highest BCUT2D eigenvalue weighted by Crippen LogP contribution is 2.35. The molecule has 2 heterocycles. The number of likely N-dealkylation sites (tertiary alicyclic amines) is 1. The van der Waals surface area contributed by atoms with Crippen LogP contribution in [0.3, 0.4) is 0 Å². The van der Waals surface area contributed by atoms with Gasteiger partial charge in [0.25, 0.3) is 11.5 Å². The van der Waals surface area contributed by atoms with Gasteiger partial charge in [-0.2, -0.15) is 0 Å². The summed E-state index contributed by atoms with van der Waals surface area (Å²) in [5.41, 5.74) is 0.867. The van der Waals surface area contributed by atoms with Crippen LogP contribution < -0.4 is 10.9 Å². The van der Waals surface area contributed by atoms with Gasteiger partial charge < -0.3 is 15.0 Å². The topological polar surface area (TPSA) is 105 Å². The van der Waals surface area contributed by atoms with E-state index >= 15 is 0 Å². The van der Waals surface area contributed by atoms with Gasteiger partial charge in [0.05, 0.1) is 11.0 Å². The van der Waals surface area contributed by atoms with E-state index in [0.29, 0.717) is 34.7 Å². The van der Waals surface area contributed by atoms with Crippen LogP contribution in [0.5, 0.6) is 0 Å². The molecule has 2 fully saturated rings. The third kappa shape index (κ3) is 6.38. The van der Waals surface area contributed by atoms with Crippen LogP contribution in [-0.2, 0) is 4.79 Å². The maximum atomic E-state index is 13.9. The largest absolute Gasteiger partial charge is 0.479 e. The number of carbonyl (C=O) groups excluding carboxylic acids is 1. The molecule has 0 spiro atoms. The molecular weight excluding hydrogens is 516 g/mol. The maximum Gasteiger partial charge on any atom is 0.330 e. The monoisotopic (exact) mass is 558 g/mol. The molecule has 1 aromatic heterocycles. The lowest BCUT2D eigenvalue weighted by Crippen LogP contribution is -2.45. The molecule has 1 saturated heterocycles. The molecule has 2 aliphatic rings. The molecule has 2 aromatic carbocycles. The van der Waals surface area contributed by atoms with Gasteiger partial charge in [-0.05, 0) is 63.6 Å². The minimum Gasteiger partial charge on any atom is -0.479 e. The Morgan fingerprint density at radius 1 is 0.951 bits per heavy atom. The first kappa shape index (κ1) is 29.0. The highest BCUT2D eigenvalue weighted by Gasteiger charge is 2.37. The Hall–Kier alpha value is -3.52. The zero-order valence-corrected chi connectivity index (χ0v) is 24.2. The molecule has 5 rings (SSSR count). The summed E-state index contributed by atoms with van der Waals surface area (Å²) >= 11 is 0. The Kier molecular flexibility index (Phi) is 9.18. The van der Waals surface area contributed by atoms with Crippen LogP contribution >= 0.6 is 0 Å². The number of rotatable bonds is 8. The number of aliphatic carboxylic acids is 1. The number of hydrogen-bond donors (Lipinski definition) is 2. The molecule has 1 amide bonds. The van der Waals surface area contributed by atoms with Crippen LogP contribution in [0.15, 0.2) is 59.4 Å². The first-order valence-corrected chi connectivity index (χ1v) is 15.2. The number of carboxylic acids is 1. The summed E-state index contributed by atoms with van der Waals surface area (Å²) in [6.07, 6.45) is 12.1. The minimum absolute atomic E-state index is 0.169. The molecule has 8 nitrogen and oxygen atoms in total. The average molecular weight is 559 g/mol. The van der Waals surface area contributed by atoms with E-state index < -0.39 is 23.5 Å². The van der Waals surface area contributed by atoms with Crippen molar-refractivity contribution < 1.29 is 14.7 Å². The molecule has 1 saturated carbocycles. The number of aromatic nitrogens is 2. The molecule has 0 bridgehead atoms. The second-order valence-corrected chi connectivity index (χ2v) is 11.9. The fourth-order valence-electron chi connectivity index (χ4n) is 7.09. The standard InChI is InChI=1S/C33H42N4O4/c1-22-19-20-26(36(22)25-15-9-4-3-5-10-16-25)21-23(2)37-28-18-12-11-17-27(28)34-30(32(37)39)31(38)35-29(33(40)41)24-13-7-6-8-14-24/h6-8,11-14,17-18,22-23,25-26,29H,3-5,9-10,15-16,19-21H2,1-2H3,(H,35,38)(H,40,41)/t22-,23-,26-,29-/m0/s1. The van der Waals surface area contributed by atoms with E-state index in [1.54, 1.807) is 41.0 Å². The third-order valence-electron chi connectivity index (χ3n) is 9.06. The molecule has 3 aromatic rings. The van der Waals surface area contributed by atoms with Crippen molar-refractivity contribution in [3.05, 3.63) is 76.2 Å². The second kappa shape index (κ2) is 13.0. The van der Waals surface area contributed by atoms with E-state index in [9.17, 15) is 19.5 Å². The van der Waals surface area contributed by atoms with Crippen LogP contribution in [0, 0.1) is 0 Å². The quantitative estimate of drug-likeness (QED) is 0.358. The summed E-state index contributed by atoms with van der Waals surface area (Å²) in [5.74, 6) is -1.99. The van der Waals surface area contributed by atoms with Gasteiger partial charge in [-0.1, -0.05) is 74.6 Å². The molecule has 4 atom stereocenters. The van der Waals surface area contributed by atoms with E-state index in [4.69, 9.17) is 0 Å². The molecule has 0 unspecified atom stereocenters. The SMILES string of the molecule is C[C@H]1CC[C@@H](C[C@H](C)n2c(=O)c(C(=O)N[C@H](C(=O)O)c3ccccc3)nc3ccccc32)N1C1CCCCCCC1. The summed E-state index contributed by atoms with van der Waals surface area (Å²) in [5, 5.41) is 12.4. The van der Waals surface area contributed by atoms with Crippen LogP contribution in [0.1, 0.15) is 106 Å². The molecule has 2 N–H and O–H groups in total. The van der Waals surface area contributed by atoms with Crippen LogP contribution in [0.4, 0.5) is 0 Å². The Labute approximate surface area is 241 Å². The molecule has 8 heteroatoms. The average Bonchev–Trinajstić information content (AvgIpc) is 3.30. The van der Waals surface area contributed by atoms with Gasteiger partial charge in [-0.25, -0.2) is 9.78 Å². The maximum absolute atomic E-state index is 13.9. The zero-order valence-electron chi connectivity index (χ0n) is 24.2. The highest BCUT2D eigenvalue weighted by atomic mass is 16.4. The molecular formula is C33H42N4O4. The van der Waals surface area contributed by atoms with Crippen LogP contribution in [0.2, 0.25) is 0 Å². The molecule has 0 radical (unpaired) electrons. The van der Waals surface area contributed by atoms with Crippen molar-refractivity contribution >= 4 is 22.9 Å². The van der Waals surface area contributed by atoms with Crippen LogP contribution in [0.25, 0.3) is 11.0 Å². The lowest BCUT2D eigenvalue weighted by molar-refractivity contribution is -0.139. The fourth-order valence-corrected chi connectivity index (χ4v) is 7.09. The third-order valence-corrected chi connectivity index (χ3v) is 9.06. The van der Waals surface area contributed by atoms with Crippen molar-refractivity contribution in [1.29, 1.82) is 0 Å². The van der Waals surface area contributed by atoms with Crippen molar-refractivity contribution in [2.45, 2.75) is 108 Å². The molecule has 1 aliphatic carbocycles. The van der Waals surface area contributed by atoms with Gasteiger partial charge in [0.15, 0.2) is 11.7 Å². The second-order valence-electron chi connectivity index (χ2n) is 11.9. The summed E-state index contributed by atoms with van der Waals surface area (Å²) in [6, 6.07) is 15.9. The highest BCUT2D eigenvalue weighted by molar-refractivity contribution is 5.96. The van der Waals surface area contributed by atoms with E-state index in [2.05, 4.69) is 29.0 Å². The minimum atomic E-state index is -1.29. The first-order valence-electron chi connectivity index (χ1n) is 15.2. The van der Waals surface area contributed by atoms with Gasteiger partial charge in [-0.3, -0.25) is 14.5 Å². The lowest BCUT2D eigenvalue weighted by atomic mass is 9.94. The van der Waals surface area contributed by atoms with E-state index in [0.717, 1.165) is 19.3 Å². The van der Waals surface area contributed by atoms with Crippen molar-refractivity contribution in [3.8, 4) is 0 Å². The Balaban J connectivity index is 1.44. The number of fused-ring (bicyclic) bond motifs is 1. The molecule has 41 heavy (non-hydrogen) atoms. The summed E-state index contributed by atoms with van der Waals surface area (Å²) in [7, 11) is 0. The predicted molar refractivity (Wildman–Crippen MR) is 160 cm³/mol. The van der Waals surface area contributed by atoms with Gasteiger partial charge in [0, 0.05) is 24.2 Å². The number of carbonyl (C=O) groups is 2. The number of nitrogens with one attached hydrogen (secondary N) is 1. The summed E-state index contributed by atoms with van der Waals surface area (Å²) in [4.78, 5) is 46.6. The van der Waals surface area contributed by atoms with Gasteiger partial charge in [0.1, 0.15) is 0 Å². The van der Waals surface area contributed by atoms with Crippen molar-refractivity contribution in [3.63, 3.8) is 0 Å². The fraction of sp³-hybridized carbons (Fsp3) is 0.515. The van der Waals surface area contributed by atoms with E-state index in [1.807, 2.05) is 18.2 Å². The number of amides is 1. The summed E-state index contributed by atoms with van der Waals surface area (Å²) < 4.78 is 1.70. The number of hydrogen-bond acceptors (Lipinski definition) is 5. The van der Waals surface area contributed by atoms with E-state index in [1.165, 1.54) is 44.9 Å². The number of nitrogens with zero attached hydrogens (tertiary/aromatic N) is 3. The molecule has 218 valence electrons. The first-order chi connectivity index (χ1) is 19.8. The van der Waals surface area contributed by atoms with Crippen LogP contribution in [-0.4, -0.2) is 49.6 Å². The van der Waals surface area contributed by atoms with Gasteiger partial charge in [0.2, 0.25) is 0 Å². The predicted octanol–water partition coefficient (Wildman–Crippen LogP) is 5.87. The number of benzene rings is 2. The normalized spacial score (nSPS) is 22.1. The van der Waals surface area contributed by atoms with Crippen molar-refractivity contribution in [2.24, 2.45) is 0 Å². The Bertz CT molecular complexity index is 1410. The van der Waals surface area contributed by atoms with Crippen molar-refractivity contribution in [1.82, 2.24) is 19.8 Å². The van der Waals surface area contributed by atoms with E-state index in [-0.39, 0.29) is 11.7 Å². The van der Waals surface area contributed by atoms with Gasteiger partial charge >= 0.3 is 5.97 Å². The number of para-hydroxylation sites is 2. The number of carboxylic acid groups (broad SMARTS) is 1. The zero-order chi connectivity index (χ0) is 28.9. The molecule has 1 aliphatic heterocycles. The Morgan fingerprint density at radius 2 is 1.61 bits per heavy atom. The Morgan fingerprint density at radius 3 is 2.32 bits per heavy atom.